The first-order valence-corrected chi connectivity index (χ1v) is 8.75. The van der Waals surface area contributed by atoms with Crippen LogP contribution in [-0.2, 0) is 0 Å². The fourth-order valence-electron chi connectivity index (χ4n) is 3.75. The molecule has 0 amide bonds. The summed E-state index contributed by atoms with van der Waals surface area (Å²) in [7, 11) is 1.85. The van der Waals surface area contributed by atoms with E-state index in [2.05, 4.69) is 20.3 Å². The summed E-state index contributed by atoms with van der Waals surface area (Å²) in [6, 6.07) is 4.05. The number of pyridine rings is 1. The van der Waals surface area contributed by atoms with Gasteiger partial charge >= 0.3 is 0 Å². The number of hydrogen-bond acceptors (Lipinski definition) is 5. The number of H-pyrrole nitrogens is 1. The highest BCUT2D eigenvalue weighted by Gasteiger charge is 2.32. The molecule has 0 aromatic carbocycles. The molecular formula is C18H23FN6. The lowest BCUT2D eigenvalue weighted by molar-refractivity contribution is 0.225. The highest BCUT2D eigenvalue weighted by Crippen LogP contribution is 2.25. The van der Waals surface area contributed by atoms with Crippen molar-refractivity contribution in [2.75, 3.05) is 7.05 Å². The van der Waals surface area contributed by atoms with Crippen LogP contribution < -0.4 is 11.1 Å². The zero-order chi connectivity index (χ0) is 17.4. The van der Waals surface area contributed by atoms with Crippen LogP contribution in [0, 0.1) is 0 Å². The fourth-order valence-corrected chi connectivity index (χ4v) is 3.75. The fraction of sp³-hybridized carbons (Fsp3) is 0.444. The van der Waals surface area contributed by atoms with Crippen LogP contribution in [0.3, 0.4) is 0 Å². The molecule has 0 spiro atoms. The number of amidine groups is 1. The number of aromatic nitrogens is 2. The Bertz CT molecular complexity index is 826. The first-order valence-electron chi connectivity index (χ1n) is 8.75. The molecule has 4 rings (SSSR count). The van der Waals surface area contributed by atoms with Gasteiger partial charge in [0.15, 0.2) is 5.83 Å². The SMILES string of the molecule is CN1C(c2c[nH]c3ncccc23)=NC=C(F)C1NC1CCCCC1N. The van der Waals surface area contributed by atoms with Gasteiger partial charge in [-0.1, -0.05) is 12.8 Å². The maximum Gasteiger partial charge on any atom is 0.155 e. The largest absolute Gasteiger partial charge is 0.345 e. The molecule has 3 heterocycles. The molecule has 25 heavy (non-hydrogen) atoms. The molecule has 132 valence electrons. The molecular weight excluding hydrogens is 319 g/mol. The predicted octanol–water partition coefficient (Wildman–Crippen LogP) is 2.25. The molecule has 1 fully saturated rings. The maximum atomic E-state index is 14.5. The second-order valence-electron chi connectivity index (χ2n) is 6.80. The first-order chi connectivity index (χ1) is 12.1. The summed E-state index contributed by atoms with van der Waals surface area (Å²) in [5.74, 6) is 0.421. The summed E-state index contributed by atoms with van der Waals surface area (Å²) >= 11 is 0. The molecule has 2 aromatic rings. The molecule has 7 heteroatoms. The van der Waals surface area contributed by atoms with Gasteiger partial charge in [-0.15, -0.1) is 0 Å². The average Bonchev–Trinajstić information content (AvgIpc) is 3.04. The van der Waals surface area contributed by atoms with Crippen molar-refractivity contribution in [2.24, 2.45) is 10.7 Å². The zero-order valence-corrected chi connectivity index (χ0v) is 14.2. The Morgan fingerprint density at radius 2 is 2.20 bits per heavy atom. The topological polar surface area (TPSA) is 82.3 Å². The van der Waals surface area contributed by atoms with E-state index in [1.54, 1.807) is 6.20 Å². The van der Waals surface area contributed by atoms with E-state index >= 15 is 0 Å². The smallest absolute Gasteiger partial charge is 0.155 e. The lowest BCUT2D eigenvalue weighted by Crippen LogP contribution is -2.57. The third-order valence-corrected chi connectivity index (χ3v) is 5.18. The van der Waals surface area contributed by atoms with Gasteiger partial charge in [0.25, 0.3) is 0 Å². The number of nitrogens with one attached hydrogen (secondary N) is 2. The van der Waals surface area contributed by atoms with Crippen molar-refractivity contribution in [3.8, 4) is 0 Å². The van der Waals surface area contributed by atoms with Crippen molar-refractivity contribution in [2.45, 2.75) is 43.9 Å². The number of nitrogens with two attached hydrogens (primary N) is 1. The summed E-state index contributed by atoms with van der Waals surface area (Å²) in [5.41, 5.74) is 7.93. The van der Waals surface area contributed by atoms with Gasteiger partial charge in [-0.3, -0.25) is 5.32 Å². The molecule has 0 radical (unpaired) electrons. The van der Waals surface area contributed by atoms with Crippen molar-refractivity contribution in [3.05, 3.63) is 42.1 Å². The number of fused-ring (bicyclic) bond motifs is 1. The van der Waals surface area contributed by atoms with E-state index in [0.717, 1.165) is 42.3 Å². The predicted molar refractivity (Wildman–Crippen MR) is 96.7 cm³/mol. The Balaban J connectivity index is 1.62. The van der Waals surface area contributed by atoms with Crippen LogP contribution in [-0.4, -0.2) is 46.0 Å². The van der Waals surface area contributed by atoms with Crippen molar-refractivity contribution >= 4 is 16.9 Å². The first kappa shape index (κ1) is 16.2. The zero-order valence-electron chi connectivity index (χ0n) is 14.2. The Morgan fingerprint density at radius 1 is 1.36 bits per heavy atom. The summed E-state index contributed by atoms with van der Waals surface area (Å²) in [4.78, 5) is 13.6. The molecule has 2 aromatic heterocycles. The number of likely N-dealkylation sites (N-methyl/N-ethyl adjacent to an activating group) is 1. The minimum Gasteiger partial charge on any atom is -0.345 e. The molecule has 1 aliphatic heterocycles. The van der Waals surface area contributed by atoms with Gasteiger partial charge in [-0.05, 0) is 25.0 Å². The van der Waals surface area contributed by atoms with E-state index in [4.69, 9.17) is 5.73 Å². The molecule has 0 saturated heterocycles. The second-order valence-corrected chi connectivity index (χ2v) is 6.80. The average molecular weight is 342 g/mol. The van der Waals surface area contributed by atoms with Gasteiger partial charge < -0.3 is 15.6 Å². The second kappa shape index (κ2) is 6.57. The van der Waals surface area contributed by atoms with Crippen LogP contribution in [0.1, 0.15) is 31.2 Å². The van der Waals surface area contributed by atoms with Crippen LogP contribution in [0.2, 0.25) is 0 Å². The van der Waals surface area contributed by atoms with Crippen molar-refractivity contribution in [1.82, 2.24) is 20.2 Å². The Hall–Kier alpha value is -2.25. The maximum absolute atomic E-state index is 14.5. The minimum atomic E-state index is -0.553. The molecule has 6 nitrogen and oxygen atoms in total. The van der Waals surface area contributed by atoms with Gasteiger partial charge in [0.2, 0.25) is 0 Å². The van der Waals surface area contributed by atoms with Crippen LogP contribution in [0.25, 0.3) is 11.0 Å². The molecule has 1 saturated carbocycles. The van der Waals surface area contributed by atoms with Gasteiger partial charge in [-0.25, -0.2) is 14.4 Å². The van der Waals surface area contributed by atoms with Crippen molar-refractivity contribution < 1.29 is 4.39 Å². The van der Waals surface area contributed by atoms with Crippen LogP contribution in [0.5, 0.6) is 0 Å². The highest BCUT2D eigenvalue weighted by molar-refractivity contribution is 6.09. The summed E-state index contributed by atoms with van der Waals surface area (Å²) in [6.07, 6.45) is 8.59. The Kier molecular flexibility index (Phi) is 4.27. The van der Waals surface area contributed by atoms with Crippen LogP contribution in [0.4, 0.5) is 4.39 Å². The standard InChI is InChI=1S/C18H23FN6/c1-25-17(12-9-22-16-11(12)5-4-8-21-16)23-10-13(19)18(25)24-15-7-3-2-6-14(15)20/h4-5,8-10,14-15,18,24H,2-3,6-7,20H2,1H3,(H,21,22). The molecule has 3 atom stereocenters. The Morgan fingerprint density at radius 3 is 3.04 bits per heavy atom. The number of hydrogen-bond donors (Lipinski definition) is 3. The van der Waals surface area contributed by atoms with E-state index in [1.165, 1.54) is 6.20 Å². The van der Waals surface area contributed by atoms with Crippen LogP contribution in [0.15, 0.2) is 41.5 Å². The van der Waals surface area contributed by atoms with E-state index in [0.29, 0.717) is 5.84 Å². The minimum absolute atomic E-state index is 0.0644. The molecule has 2 aliphatic rings. The molecule has 4 N–H and O–H groups in total. The van der Waals surface area contributed by atoms with E-state index < -0.39 is 6.17 Å². The number of rotatable bonds is 3. The Labute approximate surface area is 146 Å². The third kappa shape index (κ3) is 2.94. The molecule has 1 aliphatic carbocycles. The summed E-state index contributed by atoms with van der Waals surface area (Å²) in [6.45, 7) is 0. The number of aliphatic imine (C=N–C) groups is 1. The van der Waals surface area contributed by atoms with Crippen molar-refractivity contribution in [3.63, 3.8) is 0 Å². The highest BCUT2D eigenvalue weighted by atomic mass is 19.1. The van der Waals surface area contributed by atoms with Crippen LogP contribution >= 0.6 is 0 Å². The van der Waals surface area contributed by atoms with Gasteiger partial charge in [0, 0.05) is 42.5 Å². The normalized spacial score (nSPS) is 27.3. The lowest BCUT2D eigenvalue weighted by Gasteiger charge is -2.38. The number of halogens is 1. The van der Waals surface area contributed by atoms with Gasteiger partial charge in [0.05, 0.1) is 6.20 Å². The summed E-state index contributed by atoms with van der Waals surface area (Å²) in [5, 5.41) is 4.37. The van der Waals surface area contributed by atoms with E-state index in [-0.39, 0.29) is 17.9 Å². The monoisotopic (exact) mass is 342 g/mol. The summed E-state index contributed by atoms with van der Waals surface area (Å²) < 4.78 is 14.5. The van der Waals surface area contributed by atoms with Gasteiger partial charge in [-0.2, -0.15) is 0 Å². The lowest BCUT2D eigenvalue weighted by atomic mass is 9.90. The van der Waals surface area contributed by atoms with Gasteiger partial charge in [0.1, 0.15) is 17.6 Å². The molecule has 3 unspecified atom stereocenters. The van der Waals surface area contributed by atoms with E-state index in [1.807, 2.05) is 30.3 Å². The van der Waals surface area contributed by atoms with Crippen molar-refractivity contribution in [1.29, 1.82) is 0 Å². The van der Waals surface area contributed by atoms with E-state index in [9.17, 15) is 4.39 Å². The number of aromatic amines is 1. The quantitative estimate of drug-likeness (QED) is 0.799. The molecule has 0 bridgehead atoms. The number of nitrogens with zero attached hydrogens (tertiary/aromatic N) is 3. The third-order valence-electron chi connectivity index (χ3n) is 5.18.